The van der Waals surface area contributed by atoms with Crippen LogP contribution in [0.15, 0.2) is 30.3 Å². The number of phosphoric acid groups is 1. The molecule has 4 nitrogen and oxygen atoms in total. The molecule has 0 aliphatic heterocycles. The van der Waals surface area contributed by atoms with Crippen LogP contribution in [0.1, 0.15) is 5.56 Å². The molecule has 2 N–H and O–H groups in total. The largest absolute Gasteiger partial charge is 0.480 e. The summed E-state index contributed by atoms with van der Waals surface area (Å²) in [6.45, 7) is 2.08. The Labute approximate surface area is 82.4 Å². The number of thiol groups is 1. The predicted octanol–water partition coefficient (Wildman–Crippen LogP) is 1.94. The molecule has 0 amide bonds. The van der Waals surface area contributed by atoms with Gasteiger partial charge in [0.05, 0.1) is 0 Å². The zero-order valence-electron chi connectivity index (χ0n) is 6.99. The third kappa shape index (κ3) is 9.60. The van der Waals surface area contributed by atoms with Crippen molar-refractivity contribution in [1.82, 2.24) is 0 Å². The molecule has 0 unspecified atom stereocenters. The Hall–Kier alpha value is -0.320. The van der Waals surface area contributed by atoms with Crippen LogP contribution in [-0.2, 0) is 8.54 Å². The second-order valence-corrected chi connectivity index (χ2v) is 3.86. The van der Waals surface area contributed by atoms with Gasteiger partial charge in [0.1, 0.15) is 0 Å². The fourth-order valence-corrected chi connectivity index (χ4v) is 0.534. The zero-order valence-corrected chi connectivity index (χ0v) is 8.78. The molecule has 0 radical (unpaired) electrons. The van der Waals surface area contributed by atoms with E-state index in [2.05, 4.69) is 35.9 Å². The Kier molecular flexibility index (Phi) is 6.03. The van der Waals surface area contributed by atoms with E-state index in [1.165, 1.54) is 5.56 Å². The molecule has 0 bridgehead atoms. The number of hydrogen-bond donors (Lipinski definition) is 3. The first-order valence-electron chi connectivity index (χ1n) is 3.36. The number of hydrogen-bond acceptors (Lipinski definition) is 3. The maximum absolute atomic E-state index is 9.40. The third-order valence-corrected chi connectivity index (χ3v) is 1.90. The van der Waals surface area contributed by atoms with Crippen molar-refractivity contribution in [2.45, 2.75) is 6.92 Å². The molecular weight excluding hydrogens is 211 g/mol. The SMILES string of the molecule is Cc1ccccc1.O=P(O)(O)OS. The van der Waals surface area contributed by atoms with Gasteiger partial charge in [-0.3, -0.25) is 0 Å². The lowest BCUT2D eigenvalue weighted by molar-refractivity contribution is 0.300. The van der Waals surface area contributed by atoms with Crippen LogP contribution in [0.4, 0.5) is 0 Å². The van der Waals surface area contributed by atoms with Crippen LogP contribution in [0.2, 0.25) is 0 Å². The van der Waals surface area contributed by atoms with Gasteiger partial charge in [0.15, 0.2) is 0 Å². The van der Waals surface area contributed by atoms with Crippen molar-refractivity contribution < 1.29 is 18.3 Å². The smallest absolute Gasteiger partial charge is 0.302 e. The minimum atomic E-state index is -4.28. The summed E-state index contributed by atoms with van der Waals surface area (Å²) >= 11 is 2.84. The molecule has 0 aliphatic carbocycles. The minimum Gasteiger partial charge on any atom is -0.302 e. The molecule has 0 saturated carbocycles. The van der Waals surface area contributed by atoms with Gasteiger partial charge < -0.3 is 9.79 Å². The predicted molar refractivity (Wildman–Crippen MR) is 53.3 cm³/mol. The molecule has 0 saturated heterocycles. The van der Waals surface area contributed by atoms with Crippen LogP contribution in [0.25, 0.3) is 0 Å². The Morgan fingerprint density at radius 2 is 1.69 bits per heavy atom. The van der Waals surface area contributed by atoms with Gasteiger partial charge in [-0.2, -0.15) is 0 Å². The van der Waals surface area contributed by atoms with Crippen molar-refractivity contribution in [3.8, 4) is 0 Å². The van der Waals surface area contributed by atoms with Gasteiger partial charge in [0.2, 0.25) is 0 Å². The Bertz CT molecular complexity index is 271. The standard InChI is InChI=1S/C7H8.H3O4PS/c1-7-5-3-2-4-6-7;1-5(2,3)4-6/h2-6H,1H3;6H,(H2,1,2,3). The van der Waals surface area contributed by atoms with Gasteiger partial charge in [-0.25, -0.2) is 8.54 Å². The van der Waals surface area contributed by atoms with Crippen molar-refractivity contribution >= 4 is 20.7 Å². The second-order valence-electron chi connectivity index (χ2n) is 2.23. The van der Waals surface area contributed by atoms with E-state index >= 15 is 0 Å². The van der Waals surface area contributed by atoms with Crippen LogP contribution in [-0.4, -0.2) is 9.79 Å². The Balaban J connectivity index is 0.000000226. The molecule has 0 aliphatic rings. The van der Waals surface area contributed by atoms with E-state index in [-0.39, 0.29) is 0 Å². The van der Waals surface area contributed by atoms with Crippen molar-refractivity contribution in [3.05, 3.63) is 35.9 Å². The van der Waals surface area contributed by atoms with Crippen molar-refractivity contribution in [2.75, 3.05) is 0 Å². The molecule has 1 rings (SSSR count). The molecule has 1 aromatic carbocycles. The van der Waals surface area contributed by atoms with Gasteiger partial charge >= 0.3 is 7.82 Å². The van der Waals surface area contributed by atoms with Crippen molar-refractivity contribution in [1.29, 1.82) is 0 Å². The molecule has 0 aromatic heterocycles. The van der Waals surface area contributed by atoms with Crippen LogP contribution in [0.3, 0.4) is 0 Å². The summed E-state index contributed by atoms with van der Waals surface area (Å²) in [6, 6.07) is 10.3. The molecule has 0 heterocycles. The lowest BCUT2D eigenvalue weighted by atomic mass is 10.2. The quantitative estimate of drug-likeness (QED) is 0.386. The van der Waals surface area contributed by atoms with Gasteiger partial charge in [0.25, 0.3) is 0 Å². The molecule has 0 atom stereocenters. The molecular formula is C7H11O4PS. The minimum absolute atomic E-state index is 1.32. The Morgan fingerprint density at radius 1 is 1.31 bits per heavy atom. The first-order chi connectivity index (χ1) is 5.95. The number of aryl methyl sites for hydroxylation is 1. The van der Waals surface area contributed by atoms with E-state index in [9.17, 15) is 4.57 Å². The summed E-state index contributed by atoms with van der Waals surface area (Å²) in [5.41, 5.74) is 1.32. The van der Waals surface area contributed by atoms with Crippen molar-refractivity contribution in [3.63, 3.8) is 0 Å². The average molecular weight is 222 g/mol. The van der Waals surface area contributed by atoms with Gasteiger partial charge in [0, 0.05) is 0 Å². The third-order valence-electron chi connectivity index (χ3n) is 1.05. The van der Waals surface area contributed by atoms with E-state index in [0.717, 1.165) is 0 Å². The maximum Gasteiger partial charge on any atom is 0.480 e. The molecule has 0 spiro atoms. The Morgan fingerprint density at radius 3 is 1.85 bits per heavy atom. The van der Waals surface area contributed by atoms with Crippen LogP contribution in [0, 0.1) is 6.92 Å². The number of rotatable bonds is 1. The summed E-state index contributed by atoms with van der Waals surface area (Å²) in [6.07, 6.45) is 0. The summed E-state index contributed by atoms with van der Waals surface area (Å²) in [5, 5.41) is 0. The molecule has 74 valence electrons. The molecule has 6 heteroatoms. The van der Waals surface area contributed by atoms with E-state index in [1.807, 2.05) is 18.2 Å². The highest BCUT2D eigenvalue weighted by Gasteiger charge is 2.08. The monoisotopic (exact) mass is 222 g/mol. The van der Waals surface area contributed by atoms with E-state index < -0.39 is 7.82 Å². The number of benzene rings is 1. The second kappa shape index (κ2) is 6.18. The lowest BCUT2D eigenvalue weighted by Crippen LogP contribution is -1.70. The lowest BCUT2D eigenvalue weighted by Gasteiger charge is -1.91. The highest BCUT2D eigenvalue weighted by molar-refractivity contribution is 7.80. The van der Waals surface area contributed by atoms with Gasteiger partial charge in [-0.05, 0) is 19.8 Å². The molecule has 13 heavy (non-hydrogen) atoms. The fraction of sp³-hybridized carbons (Fsp3) is 0.143. The summed E-state index contributed by atoms with van der Waals surface area (Å²) < 4.78 is 12.7. The molecule has 1 aromatic rings. The topological polar surface area (TPSA) is 66.8 Å². The summed E-state index contributed by atoms with van der Waals surface area (Å²) in [5.74, 6) is 0. The van der Waals surface area contributed by atoms with E-state index in [4.69, 9.17) is 9.79 Å². The van der Waals surface area contributed by atoms with Gasteiger partial charge in [-0.1, -0.05) is 35.9 Å². The first kappa shape index (κ1) is 12.7. The van der Waals surface area contributed by atoms with Crippen LogP contribution >= 0.6 is 20.7 Å². The van der Waals surface area contributed by atoms with Crippen LogP contribution < -0.4 is 0 Å². The van der Waals surface area contributed by atoms with Crippen LogP contribution in [0.5, 0.6) is 0 Å². The normalized spacial score (nSPS) is 10.2. The first-order valence-corrected chi connectivity index (χ1v) is 5.25. The summed E-state index contributed by atoms with van der Waals surface area (Å²) in [4.78, 5) is 15.3. The maximum atomic E-state index is 9.40. The zero-order chi connectivity index (χ0) is 10.3. The fourth-order valence-electron chi connectivity index (χ4n) is 0.534. The average Bonchev–Trinajstić information content (AvgIpc) is 2.06. The van der Waals surface area contributed by atoms with Gasteiger partial charge in [-0.15, -0.1) is 0 Å². The highest BCUT2D eigenvalue weighted by Crippen LogP contribution is 2.36. The molecule has 0 fully saturated rings. The van der Waals surface area contributed by atoms with Crippen molar-refractivity contribution in [2.24, 2.45) is 0 Å². The summed E-state index contributed by atoms with van der Waals surface area (Å²) in [7, 11) is -4.28. The van der Waals surface area contributed by atoms with E-state index in [1.54, 1.807) is 0 Å². The highest BCUT2D eigenvalue weighted by atomic mass is 32.1. The van der Waals surface area contributed by atoms with E-state index in [0.29, 0.717) is 0 Å².